The highest BCUT2D eigenvalue weighted by Crippen LogP contribution is 2.44. The standard InChI is InChI=1S/C56H56O14/c1-58-44-19-32-13-37-24-50-45(59-2)20-33(37)15-39-26-52-46(60-3)21-34(39)14-38(32)25-49(44)64-7-8-66-51-27-40-16-35-22-47(61-4)53(67-10-9-65-50)28-41(35)18-43-30-55(70-31-56(57)63-6)54(69-12-11-68-52)29-42(43)17-36(40)23-48(51)62-5/h19-30H,7-18,31H2,1-6H3. The second kappa shape index (κ2) is 20.2. The van der Waals surface area contributed by atoms with Gasteiger partial charge in [-0.15, -0.1) is 0 Å². The van der Waals surface area contributed by atoms with Crippen LogP contribution in [0.25, 0.3) is 0 Å². The van der Waals surface area contributed by atoms with Crippen LogP contribution in [0.15, 0.2) is 72.8 Å². The van der Waals surface area contributed by atoms with E-state index in [4.69, 9.17) is 61.6 Å². The third kappa shape index (κ3) is 9.42. The molecular formula is C56H56O14. The Morgan fingerprint density at radius 1 is 0.329 bits per heavy atom. The zero-order valence-corrected chi connectivity index (χ0v) is 40.3. The van der Waals surface area contributed by atoms with Crippen LogP contribution in [-0.2, 0) is 48.1 Å². The number of hydrogen-bond acceptors (Lipinski definition) is 14. The van der Waals surface area contributed by atoms with Crippen molar-refractivity contribution in [2.75, 3.05) is 88.9 Å². The van der Waals surface area contributed by atoms with Gasteiger partial charge in [-0.3, -0.25) is 0 Å². The van der Waals surface area contributed by atoms with Crippen LogP contribution in [0, 0.1) is 0 Å². The molecule has 0 atom stereocenters. The average molecular weight is 953 g/mol. The van der Waals surface area contributed by atoms with Gasteiger partial charge in [-0.1, -0.05) is 0 Å². The molecule has 0 aromatic heterocycles. The van der Waals surface area contributed by atoms with Gasteiger partial charge in [0.25, 0.3) is 0 Å². The van der Waals surface area contributed by atoms with E-state index in [2.05, 4.69) is 42.5 Å². The van der Waals surface area contributed by atoms with Gasteiger partial charge in [-0.05, 0) is 178 Å². The van der Waals surface area contributed by atoms with E-state index < -0.39 is 5.97 Å². The van der Waals surface area contributed by atoms with Crippen LogP contribution in [0.5, 0.6) is 69.0 Å². The maximum absolute atomic E-state index is 12.5. The van der Waals surface area contributed by atoms with Crippen molar-refractivity contribution in [3.8, 4) is 69.0 Å². The second-order valence-electron chi connectivity index (χ2n) is 17.4. The second-order valence-corrected chi connectivity index (χ2v) is 17.4. The lowest BCUT2D eigenvalue weighted by Crippen LogP contribution is -2.15. The Bertz CT molecular complexity index is 2950. The highest BCUT2D eigenvalue weighted by Gasteiger charge is 2.26. The molecule has 0 unspecified atom stereocenters. The van der Waals surface area contributed by atoms with Gasteiger partial charge in [0.05, 0.1) is 42.7 Å². The van der Waals surface area contributed by atoms with E-state index in [9.17, 15) is 4.79 Å². The van der Waals surface area contributed by atoms with E-state index in [1.807, 2.05) is 30.3 Å². The Morgan fingerprint density at radius 3 is 0.743 bits per heavy atom. The third-order valence-corrected chi connectivity index (χ3v) is 13.3. The zero-order chi connectivity index (χ0) is 48.3. The minimum Gasteiger partial charge on any atom is -0.493 e. The van der Waals surface area contributed by atoms with Gasteiger partial charge in [0.1, 0.15) is 39.6 Å². The molecule has 20 rings (SSSR count). The van der Waals surface area contributed by atoms with Crippen molar-refractivity contribution < 1.29 is 66.4 Å². The number of methoxy groups -OCH3 is 6. The van der Waals surface area contributed by atoms with E-state index in [0.29, 0.717) is 108 Å². The van der Waals surface area contributed by atoms with Crippen LogP contribution in [0.1, 0.15) is 66.8 Å². The van der Waals surface area contributed by atoms with Crippen molar-refractivity contribution in [3.63, 3.8) is 0 Å². The largest absolute Gasteiger partial charge is 0.493 e. The maximum atomic E-state index is 12.5. The Balaban J connectivity index is 1.19. The molecule has 14 nitrogen and oxygen atoms in total. The molecule has 0 N–H and O–H groups in total. The Hall–Kier alpha value is -7.61. The molecule has 0 radical (unpaired) electrons. The summed E-state index contributed by atoms with van der Waals surface area (Å²) in [5.41, 5.74) is 12.3. The summed E-state index contributed by atoms with van der Waals surface area (Å²) in [7, 11) is 9.57. The summed E-state index contributed by atoms with van der Waals surface area (Å²) in [4.78, 5) is 12.5. The monoisotopic (exact) mass is 952 g/mol. The minimum atomic E-state index is -0.524. The topological polar surface area (TPSA) is 137 Å². The van der Waals surface area contributed by atoms with E-state index >= 15 is 0 Å². The van der Waals surface area contributed by atoms with Crippen LogP contribution >= 0.6 is 0 Å². The van der Waals surface area contributed by atoms with E-state index in [0.717, 1.165) is 66.8 Å². The van der Waals surface area contributed by atoms with Crippen molar-refractivity contribution in [2.45, 2.75) is 38.5 Å². The molecule has 0 saturated carbocycles. The van der Waals surface area contributed by atoms with Gasteiger partial charge < -0.3 is 61.6 Å². The van der Waals surface area contributed by atoms with Gasteiger partial charge in [-0.2, -0.15) is 0 Å². The van der Waals surface area contributed by atoms with Crippen LogP contribution in [0.3, 0.4) is 0 Å². The summed E-state index contributed by atoms with van der Waals surface area (Å²) in [6, 6.07) is 24.5. The lowest BCUT2D eigenvalue weighted by atomic mass is 9.94. The van der Waals surface area contributed by atoms with Crippen molar-refractivity contribution in [3.05, 3.63) is 140 Å². The zero-order valence-electron chi connectivity index (χ0n) is 40.3. The summed E-state index contributed by atoms with van der Waals surface area (Å²) < 4.78 is 80.5. The molecule has 6 aromatic rings. The SMILES string of the molecule is COC(=O)COc1cc2c3cc1OCCOc1cc4c(cc1OC)Cc1cc5c(OC)cc1Cc1cc(c(OC)cc1C4)OCCOc1cc(c(cc1OC)Cc1cc(c(OC)cc1C3)OCCO5)C2. The fraction of sp³-hybridized carbons (Fsp3) is 0.339. The van der Waals surface area contributed by atoms with Crippen molar-refractivity contribution in [2.24, 2.45) is 0 Å². The molecule has 12 aliphatic heterocycles. The van der Waals surface area contributed by atoms with E-state index in [1.54, 1.807) is 35.5 Å². The Kier molecular flexibility index (Phi) is 13.3. The summed E-state index contributed by atoms with van der Waals surface area (Å²) in [6.07, 6.45) is 3.24. The van der Waals surface area contributed by atoms with Crippen LogP contribution in [0.2, 0.25) is 0 Å². The Morgan fingerprint density at radius 2 is 0.529 bits per heavy atom. The predicted molar refractivity (Wildman–Crippen MR) is 259 cm³/mol. The lowest BCUT2D eigenvalue weighted by Gasteiger charge is -2.20. The van der Waals surface area contributed by atoms with Gasteiger partial charge in [0.15, 0.2) is 75.6 Å². The summed E-state index contributed by atoms with van der Waals surface area (Å²) in [5.74, 6) is 6.18. The average Bonchev–Trinajstić information content (AvgIpc) is 3.47. The molecule has 14 aliphatic rings. The van der Waals surface area contributed by atoms with Crippen LogP contribution in [0.4, 0.5) is 0 Å². The van der Waals surface area contributed by atoms with Crippen molar-refractivity contribution in [1.29, 1.82) is 0 Å². The summed E-state index contributed by atoms with van der Waals surface area (Å²) >= 11 is 0. The van der Waals surface area contributed by atoms with Crippen LogP contribution < -0.4 is 56.8 Å². The molecule has 0 spiro atoms. The molecule has 70 heavy (non-hydrogen) atoms. The lowest BCUT2D eigenvalue weighted by molar-refractivity contribution is -0.142. The molecule has 18 bridgehead atoms. The molecule has 6 aromatic carbocycles. The normalized spacial score (nSPS) is 14.5. The van der Waals surface area contributed by atoms with E-state index in [1.165, 1.54) is 7.11 Å². The molecule has 12 heterocycles. The number of ether oxygens (including phenoxy) is 13. The fourth-order valence-electron chi connectivity index (χ4n) is 9.76. The number of carbonyl (C=O) groups is 1. The summed E-state index contributed by atoms with van der Waals surface area (Å²) in [6.45, 7) is 0.866. The smallest absolute Gasteiger partial charge is 0.343 e. The van der Waals surface area contributed by atoms with Crippen molar-refractivity contribution in [1.82, 2.24) is 0 Å². The molecular weight excluding hydrogens is 897 g/mol. The van der Waals surface area contributed by atoms with Crippen molar-refractivity contribution >= 4 is 5.97 Å². The molecule has 0 amide bonds. The van der Waals surface area contributed by atoms with E-state index in [-0.39, 0.29) is 46.2 Å². The number of benzene rings is 6. The molecule has 364 valence electrons. The first-order valence-corrected chi connectivity index (χ1v) is 23.4. The highest BCUT2D eigenvalue weighted by molar-refractivity contribution is 5.71. The number of hydrogen-bond donors (Lipinski definition) is 0. The fourth-order valence-corrected chi connectivity index (χ4v) is 9.76. The molecule has 0 saturated heterocycles. The minimum absolute atomic E-state index is 0.142. The molecule has 0 fully saturated rings. The Labute approximate surface area is 407 Å². The van der Waals surface area contributed by atoms with Crippen LogP contribution in [-0.4, -0.2) is 94.9 Å². The number of rotatable bonds is 8. The quantitative estimate of drug-likeness (QED) is 0.135. The van der Waals surface area contributed by atoms with Gasteiger partial charge in [-0.25, -0.2) is 4.79 Å². The molecule has 2 aliphatic carbocycles. The first-order chi connectivity index (χ1) is 34.2. The summed E-state index contributed by atoms with van der Waals surface area (Å²) in [5, 5.41) is 0. The number of carbonyl (C=O) groups excluding carboxylic acids is 1. The number of esters is 1. The maximum Gasteiger partial charge on any atom is 0.343 e. The highest BCUT2D eigenvalue weighted by atomic mass is 16.6. The molecule has 14 heteroatoms. The van der Waals surface area contributed by atoms with Gasteiger partial charge in [0, 0.05) is 0 Å². The third-order valence-electron chi connectivity index (χ3n) is 13.3. The van der Waals surface area contributed by atoms with Gasteiger partial charge in [0.2, 0.25) is 0 Å². The first-order valence-electron chi connectivity index (χ1n) is 23.4. The first kappa shape index (κ1) is 46.1. The van der Waals surface area contributed by atoms with Gasteiger partial charge >= 0.3 is 5.97 Å². The predicted octanol–water partition coefficient (Wildman–Crippen LogP) is 8.45.